The molecule has 5 rings (SSSR count). The molecular weight excluding hydrogens is 280 g/mol. The first-order valence-electron chi connectivity index (χ1n) is 8.03. The molecule has 1 heteroatoms. The fourth-order valence-electron chi connectivity index (χ4n) is 3.53. The van der Waals surface area contributed by atoms with E-state index in [2.05, 4.69) is 78.9 Å². The summed E-state index contributed by atoms with van der Waals surface area (Å²) in [7, 11) is 0. The van der Waals surface area contributed by atoms with Crippen molar-refractivity contribution in [1.29, 1.82) is 0 Å². The standard InChI is InChI=1S/C22H16O/c1-2-8-16-15(7-1)13-21(18-10-4-3-9-17(16)18)19-11-5-6-12-20(19)22-14-23-22/h1-13,22H,14H2. The predicted molar refractivity (Wildman–Crippen MR) is 95.6 cm³/mol. The molecule has 0 spiro atoms. The van der Waals surface area contributed by atoms with Crippen LogP contribution in [-0.2, 0) is 4.74 Å². The second kappa shape index (κ2) is 4.94. The highest BCUT2D eigenvalue weighted by atomic mass is 16.6. The van der Waals surface area contributed by atoms with Crippen molar-refractivity contribution in [2.45, 2.75) is 6.10 Å². The van der Waals surface area contributed by atoms with Gasteiger partial charge in [-0.25, -0.2) is 0 Å². The van der Waals surface area contributed by atoms with Crippen LogP contribution >= 0.6 is 0 Å². The van der Waals surface area contributed by atoms with Gasteiger partial charge in [0.1, 0.15) is 6.10 Å². The lowest BCUT2D eigenvalue weighted by Crippen LogP contribution is -1.90. The normalized spacial score (nSPS) is 16.8. The quantitative estimate of drug-likeness (QED) is 0.340. The van der Waals surface area contributed by atoms with Gasteiger partial charge in [-0.15, -0.1) is 0 Å². The zero-order valence-electron chi connectivity index (χ0n) is 12.7. The summed E-state index contributed by atoms with van der Waals surface area (Å²) in [6, 6.07) is 28.2. The van der Waals surface area contributed by atoms with Crippen LogP contribution in [0.4, 0.5) is 0 Å². The third-order valence-electron chi connectivity index (χ3n) is 4.70. The van der Waals surface area contributed by atoms with Crippen molar-refractivity contribution in [1.82, 2.24) is 0 Å². The monoisotopic (exact) mass is 296 g/mol. The van der Waals surface area contributed by atoms with Crippen LogP contribution < -0.4 is 0 Å². The molecule has 0 N–H and O–H groups in total. The summed E-state index contributed by atoms with van der Waals surface area (Å²) >= 11 is 0. The summed E-state index contributed by atoms with van der Waals surface area (Å²) in [5.41, 5.74) is 3.88. The Bertz CT molecular complexity index is 1030. The van der Waals surface area contributed by atoms with Crippen LogP contribution in [0.5, 0.6) is 0 Å². The van der Waals surface area contributed by atoms with E-state index in [4.69, 9.17) is 4.74 Å². The molecule has 0 aliphatic carbocycles. The summed E-state index contributed by atoms with van der Waals surface area (Å²) in [6.07, 6.45) is 0.261. The molecule has 0 saturated carbocycles. The van der Waals surface area contributed by atoms with Crippen LogP contribution in [-0.4, -0.2) is 6.61 Å². The number of hydrogen-bond donors (Lipinski definition) is 0. The second-order valence-corrected chi connectivity index (χ2v) is 6.10. The van der Waals surface area contributed by atoms with Gasteiger partial charge in [0, 0.05) is 0 Å². The van der Waals surface area contributed by atoms with Crippen molar-refractivity contribution in [2.75, 3.05) is 6.61 Å². The van der Waals surface area contributed by atoms with Crippen molar-refractivity contribution in [2.24, 2.45) is 0 Å². The second-order valence-electron chi connectivity index (χ2n) is 6.10. The molecule has 0 amide bonds. The van der Waals surface area contributed by atoms with E-state index in [1.54, 1.807) is 0 Å². The summed E-state index contributed by atoms with van der Waals surface area (Å²) in [6.45, 7) is 0.836. The fourth-order valence-corrected chi connectivity index (χ4v) is 3.53. The lowest BCUT2D eigenvalue weighted by atomic mass is 9.90. The van der Waals surface area contributed by atoms with Crippen molar-refractivity contribution in [3.63, 3.8) is 0 Å². The number of fused-ring (bicyclic) bond motifs is 3. The molecule has 23 heavy (non-hydrogen) atoms. The summed E-state index contributed by atoms with van der Waals surface area (Å²) < 4.78 is 5.56. The molecular formula is C22H16O. The maximum Gasteiger partial charge on any atom is 0.107 e. The smallest absolute Gasteiger partial charge is 0.107 e. The van der Waals surface area contributed by atoms with Crippen LogP contribution in [0.25, 0.3) is 32.7 Å². The average Bonchev–Trinajstić information content (AvgIpc) is 3.46. The summed E-state index contributed by atoms with van der Waals surface area (Å²) in [5, 5.41) is 5.21. The van der Waals surface area contributed by atoms with Crippen LogP contribution in [0.1, 0.15) is 11.7 Å². The van der Waals surface area contributed by atoms with Gasteiger partial charge in [-0.05, 0) is 44.3 Å². The van der Waals surface area contributed by atoms with Crippen LogP contribution in [0.15, 0.2) is 78.9 Å². The Kier molecular flexibility index (Phi) is 2.76. The van der Waals surface area contributed by atoms with E-state index in [9.17, 15) is 0 Å². The highest BCUT2D eigenvalue weighted by Gasteiger charge is 2.27. The maximum absolute atomic E-state index is 5.56. The van der Waals surface area contributed by atoms with Crippen LogP contribution in [0.2, 0.25) is 0 Å². The van der Waals surface area contributed by atoms with Gasteiger partial charge in [-0.2, -0.15) is 0 Å². The third-order valence-corrected chi connectivity index (χ3v) is 4.70. The molecule has 4 aromatic rings. The van der Waals surface area contributed by atoms with E-state index in [1.165, 1.54) is 38.2 Å². The van der Waals surface area contributed by atoms with Crippen LogP contribution in [0, 0.1) is 0 Å². The van der Waals surface area contributed by atoms with Crippen LogP contribution in [0.3, 0.4) is 0 Å². The van der Waals surface area contributed by atoms with Gasteiger partial charge >= 0.3 is 0 Å². The Morgan fingerprint density at radius 2 is 1.30 bits per heavy atom. The minimum atomic E-state index is 0.261. The fraction of sp³-hybridized carbons (Fsp3) is 0.0909. The summed E-state index contributed by atoms with van der Waals surface area (Å²) in [4.78, 5) is 0. The number of hydrogen-bond acceptors (Lipinski definition) is 1. The molecule has 1 nitrogen and oxygen atoms in total. The SMILES string of the molecule is c1ccc(C2CO2)c(-c2cc3ccccc3c3ccccc23)c1. The van der Waals surface area contributed by atoms with Gasteiger partial charge in [-0.1, -0.05) is 72.8 Å². The first-order chi connectivity index (χ1) is 11.4. The predicted octanol–water partition coefficient (Wildman–Crippen LogP) is 5.73. The minimum Gasteiger partial charge on any atom is -0.368 e. The summed E-state index contributed by atoms with van der Waals surface area (Å²) in [5.74, 6) is 0. The largest absolute Gasteiger partial charge is 0.368 e. The highest BCUT2D eigenvalue weighted by molar-refractivity contribution is 6.13. The molecule has 0 radical (unpaired) electrons. The Labute approximate surface area is 135 Å². The molecule has 0 aromatic heterocycles. The first kappa shape index (κ1) is 12.9. The lowest BCUT2D eigenvalue weighted by Gasteiger charge is -2.13. The van der Waals surface area contributed by atoms with Gasteiger partial charge in [-0.3, -0.25) is 0 Å². The topological polar surface area (TPSA) is 12.5 Å². The Balaban J connectivity index is 1.91. The lowest BCUT2D eigenvalue weighted by molar-refractivity contribution is 0.416. The molecule has 4 aromatic carbocycles. The Morgan fingerprint density at radius 3 is 2.13 bits per heavy atom. The first-order valence-corrected chi connectivity index (χ1v) is 8.03. The molecule has 1 fully saturated rings. The van der Waals surface area contributed by atoms with Gasteiger partial charge < -0.3 is 4.74 Å². The van der Waals surface area contributed by atoms with Gasteiger partial charge in [0.2, 0.25) is 0 Å². The average molecular weight is 296 g/mol. The van der Waals surface area contributed by atoms with E-state index >= 15 is 0 Å². The van der Waals surface area contributed by atoms with E-state index in [0.29, 0.717) is 0 Å². The molecule has 1 aliphatic heterocycles. The van der Waals surface area contributed by atoms with Gasteiger partial charge in [0.15, 0.2) is 0 Å². The molecule has 1 aliphatic rings. The highest BCUT2D eigenvalue weighted by Crippen LogP contribution is 2.41. The van der Waals surface area contributed by atoms with Crippen molar-refractivity contribution >= 4 is 21.5 Å². The molecule has 110 valence electrons. The van der Waals surface area contributed by atoms with Crippen molar-refractivity contribution in [3.05, 3.63) is 84.4 Å². The van der Waals surface area contributed by atoms with Crippen molar-refractivity contribution < 1.29 is 4.74 Å². The van der Waals surface area contributed by atoms with Gasteiger partial charge in [0.05, 0.1) is 6.61 Å². The molecule has 1 saturated heterocycles. The van der Waals surface area contributed by atoms with E-state index in [1.807, 2.05) is 0 Å². The number of rotatable bonds is 2. The maximum atomic E-state index is 5.56. The molecule has 1 heterocycles. The zero-order chi connectivity index (χ0) is 15.2. The van der Waals surface area contributed by atoms with Gasteiger partial charge in [0.25, 0.3) is 0 Å². The Hall–Kier alpha value is -2.64. The van der Waals surface area contributed by atoms with E-state index < -0.39 is 0 Å². The third kappa shape index (κ3) is 2.05. The zero-order valence-corrected chi connectivity index (χ0v) is 12.7. The molecule has 0 bridgehead atoms. The van der Waals surface area contributed by atoms with E-state index in [-0.39, 0.29) is 6.10 Å². The minimum absolute atomic E-state index is 0.261. The molecule has 1 unspecified atom stereocenters. The van der Waals surface area contributed by atoms with Crippen molar-refractivity contribution in [3.8, 4) is 11.1 Å². The number of epoxide rings is 1. The molecule has 1 atom stereocenters. The number of ether oxygens (including phenoxy) is 1. The Morgan fingerprint density at radius 1 is 0.652 bits per heavy atom. The van der Waals surface area contributed by atoms with E-state index in [0.717, 1.165) is 6.61 Å². The number of benzene rings is 4.